The van der Waals surface area contributed by atoms with Gasteiger partial charge in [-0.05, 0) is 24.3 Å². The van der Waals surface area contributed by atoms with Gasteiger partial charge < -0.3 is 4.74 Å². The van der Waals surface area contributed by atoms with Crippen LogP contribution in [0.25, 0.3) is 6.08 Å². The summed E-state index contributed by atoms with van der Waals surface area (Å²) in [5.41, 5.74) is 0.597. The fourth-order valence-electron chi connectivity index (χ4n) is 1.29. The average Bonchev–Trinajstić information content (AvgIpc) is 2.15. The fourth-order valence-corrected chi connectivity index (χ4v) is 1.45. The SMILES string of the molecule is FC(F)(F)C1C=Cc2ccc(Cl)cc2O1. The van der Waals surface area contributed by atoms with Gasteiger partial charge in [-0.15, -0.1) is 0 Å². The van der Waals surface area contributed by atoms with Gasteiger partial charge in [-0.2, -0.15) is 13.2 Å². The van der Waals surface area contributed by atoms with Crippen LogP contribution in [-0.4, -0.2) is 12.3 Å². The van der Waals surface area contributed by atoms with E-state index in [-0.39, 0.29) is 5.75 Å². The highest BCUT2D eigenvalue weighted by Gasteiger charge is 2.41. The molecule has 1 aromatic carbocycles. The Kier molecular flexibility index (Phi) is 2.38. The minimum atomic E-state index is -4.39. The third-order valence-electron chi connectivity index (χ3n) is 2.00. The van der Waals surface area contributed by atoms with Gasteiger partial charge in [0.25, 0.3) is 0 Å². The molecule has 1 unspecified atom stereocenters. The summed E-state index contributed by atoms with van der Waals surface area (Å²) in [7, 11) is 0. The Morgan fingerprint density at radius 1 is 1.27 bits per heavy atom. The van der Waals surface area contributed by atoms with Crippen molar-refractivity contribution in [1.29, 1.82) is 0 Å². The van der Waals surface area contributed by atoms with E-state index in [1.165, 1.54) is 12.1 Å². The molecule has 15 heavy (non-hydrogen) atoms. The third kappa shape index (κ3) is 2.09. The summed E-state index contributed by atoms with van der Waals surface area (Å²) in [6, 6.07) is 4.59. The van der Waals surface area contributed by atoms with E-state index in [0.29, 0.717) is 10.6 Å². The second-order valence-corrected chi connectivity index (χ2v) is 3.56. The van der Waals surface area contributed by atoms with Crippen LogP contribution in [0.5, 0.6) is 5.75 Å². The number of hydrogen-bond donors (Lipinski definition) is 0. The number of alkyl halides is 3. The van der Waals surface area contributed by atoms with Crippen LogP contribution in [0, 0.1) is 0 Å². The average molecular weight is 235 g/mol. The highest BCUT2D eigenvalue weighted by atomic mass is 35.5. The van der Waals surface area contributed by atoms with E-state index in [0.717, 1.165) is 6.08 Å². The summed E-state index contributed by atoms with van der Waals surface area (Å²) in [6.07, 6.45) is -3.91. The molecule has 0 saturated heterocycles. The first kappa shape index (κ1) is 10.4. The maximum absolute atomic E-state index is 12.3. The maximum Gasteiger partial charge on any atom is 0.429 e. The lowest BCUT2D eigenvalue weighted by Crippen LogP contribution is -2.33. The van der Waals surface area contributed by atoms with Crippen LogP contribution in [0.4, 0.5) is 13.2 Å². The summed E-state index contributed by atoms with van der Waals surface area (Å²) in [5.74, 6) is 0.160. The summed E-state index contributed by atoms with van der Waals surface area (Å²) < 4.78 is 41.8. The van der Waals surface area contributed by atoms with E-state index in [9.17, 15) is 13.2 Å². The second kappa shape index (κ2) is 3.45. The first-order chi connectivity index (χ1) is 6.97. The molecule has 0 spiro atoms. The van der Waals surface area contributed by atoms with Gasteiger partial charge in [-0.1, -0.05) is 17.7 Å². The number of ether oxygens (including phenoxy) is 1. The lowest BCUT2D eigenvalue weighted by atomic mass is 10.1. The minimum absolute atomic E-state index is 0.160. The molecule has 0 fully saturated rings. The largest absolute Gasteiger partial charge is 0.476 e. The highest BCUT2D eigenvalue weighted by Crippen LogP contribution is 2.34. The zero-order chi connectivity index (χ0) is 11.1. The van der Waals surface area contributed by atoms with Crippen molar-refractivity contribution in [3.63, 3.8) is 0 Å². The van der Waals surface area contributed by atoms with Crippen molar-refractivity contribution in [3.05, 3.63) is 34.9 Å². The molecule has 80 valence electrons. The van der Waals surface area contributed by atoms with Crippen LogP contribution in [0.1, 0.15) is 5.56 Å². The molecule has 0 aromatic heterocycles. The van der Waals surface area contributed by atoms with Crippen molar-refractivity contribution in [2.24, 2.45) is 0 Å². The Labute approximate surface area is 89.1 Å². The predicted octanol–water partition coefficient (Wildman–Crippen LogP) is 3.68. The molecule has 0 saturated carbocycles. The highest BCUT2D eigenvalue weighted by molar-refractivity contribution is 6.30. The Bertz CT molecular complexity index is 412. The molecule has 1 aliphatic heterocycles. The quantitative estimate of drug-likeness (QED) is 0.665. The Morgan fingerprint density at radius 3 is 2.67 bits per heavy atom. The van der Waals surface area contributed by atoms with Gasteiger partial charge in [-0.3, -0.25) is 0 Å². The van der Waals surface area contributed by atoms with E-state index < -0.39 is 12.3 Å². The zero-order valence-corrected chi connectivity index (χ0v) is 8.14. The lowest BCUT2D eigenvalue weighted by Gasteiger charge is -2.23. The molecule has 0 bridgehead atoms. The second-order valence-electron chi connectivity index (χ2n) is 3.12. The number of halogens is 4. The van der Waals surface area contributed by atoms with Gasteiger partial charge in [0.05, 0.1) is 0 Å². The number of benzene rings is 1. The molecule has 1 nitrogen and oxygen atoms in total. The number of hydrogen-bond acceptors (Lipinski definition) is 1. The first-order valence-corrected chi connectivity index (χ1v) is 4.56. The molecule has 1 atom stereocenters. The molecule has 1 heterocycles. The monoisotopic (exact) mass is 234 g/mol. The van der Waals surface area contributed by atoms with Crippen molar-refractivity contribution in [2.75, 3.05) is 0 Å². The molecule has 0 aliphatic carbocycles. The summed E-state index contributed by atoms with van der Waals surface area (Å²) in [5, 5.41) is 0.352. The fraction of sp³-hybridized carbons (Fsp3) is 0.200. The van der Waals surface area contributed by atoms with Gasteiger partial charge in [0.1, 0.15) is 5.75 Å². The number of fused-ring (bicyclic) bond motifs is 1. The van der Waals surface area contributed by atoms with E-state index >= 15 is 0 Å². The van der Waals surface area contributed by atoms with Gasteiger partial charge in [0, 0.05) is 10.6 Å². The molecule has 0 N–H and O–H groups in total. The van der Waals surface area contributed by atoms with Crippen molar-refractivity contribution in [1.82, 2.24) is 0 Å². The minimum Gasteiger partial charge on any atom is -0.476 e. The lowest BCUT2D eigenvalue weighted by molar-refractivity contribution is -0.180. The van der Waals surface area contributed by atoms with Crippen molar-refractivity contribution >= 4 is 17.7 Å². The van der Waals surface area contributed by atoms with Crippen molar-refractivity contribution in [3.8, 4) is 5.75 Å². The van der Waals surface area contributed by atoms with Gasteiger partial charge in [0.2, 0.25) is 6.10 Å². The zero-order valence-electron chi connectivity index (χ0n) is 7.38. The van der Waals surface area contributed by atoms with Gasteiger partial charge >= 0.3 is 6.18 Å². The van der Waals surface area contributed by atoms with E-state index in [1.807, 2.05) is 0 Å². The molecule has 0 radical (unpaired) electrons. The van der Waals surface area contributed by atoms with Crippen LogP contribution < -0.4 is 4.74 Å². The van der Waals surface area contributed by atoms with E-state index in [1.54, 1.807) is 12.1 Å². The molecule has 5 heteroatoms. The van der Waals surface area contributed by atoms with E-state index in [2.05, 4.69) is 0 Å². The number of rotatable bonds is 0. The Hall–Kier alpha value is -1.16. The summed E-state index contributed by atoms with van der Waals surface area (Å²) in [6.45, 7) is 0. The molecule has 2 rings (SSSR count). The third-order valence-corrected chi connectivity index (χ3v) is 2.24. The van der Waals surface area contributed by atoms with Crippen LogP contribution >= 0.6 is 11.6 Å². The first-order valence-electron chi connectivity index (χ1n) is 4.18. The van der Waals surface area contributed by atoms with Crippen molar-refractivity contribution < 1.29 is 17.9 Å². The van der Waals surface area contributed by atoms with Crippen molar-refractivity contribution in [2.45, 2.75) is 12.3 Å². The molecule has 1 aliphatic rings. The molecule has 0 amide bonds. The van der Waals surface area contributed by atoms with E-state index in [4.69, 9.17) is 16.3 Å². The Morgan fingerprint density at radius 2 is 2.00 bits per heavy atom. The molecule has 1 aromatic rings. The van der Waals surface area contributed by atoms with Crippen LogP contribution in [0.2, 0.25) is 5.02 Å². The Balaban J connectivity index is 2.33. The normalized spacial score (nSPS) is 19.6. The summed E-state index contributed by atoms with van der Waals surface area (Å²) in [4.78, 5) is 0. The van der Waals surface area contributed by atoms with Gasteiger partial charge in [-0.25, -0.2) is 0 Å². The summed E-state index contributed by atoms with van der Waals surface area (Å²) >= 11 is 5.65. The van der Waals surface area contributed by atoms with Gasteiger partial charge in [0.15, 0.2) is 0 Å². The van der Waals surface area contributed by atoms with Crippen LogP contribution in [0.15, 0.2) is 24.3 Å². The topological polar surface area (TPSA) is 9.23 Å². The predicted molar refractivity (Wildman–Crippen MR) is 51.0 cm³/mol. The maximum atomic E-state index is 12.3. The van der Waals surface area contributed by atoms with Crippen LogP contribution in [-0.2, 0) is 0 Å². The standard InChI is InChI=1S/C10H6ClF3O/c11-7-3-1-6-2-4-9(10(12,13)14)15-8(6)5-7/h1-5,9H. The molecular weight excluding hydrogens is 229 g/mol. The smallest absolute Gasteiger partial charge is 0.429 e. The molecular formula is C10H6ClF3O. The van der Waals surface area contributed by atoms with Crippen LogP contribution in [0.3, 0.4) is 0 Å².